The van der Waals surface area contributed by atoms with Crippen LogP contribution >= 0.6 is 0 Å². The molecule has 1 aliphatic rings. The number of aliphatic hydroxyl groups is 1. The quantitative estimate of drug-likeness (QED) is 0.885. The minimum absolute atomic E-state index is 0.383. The molecule has 1 N–H and O–H groups in total. The van der Waals surface area contributed by atoms with Crippen LogP contribution in [0.25, 0.3) is 0 Å². The molecule has 0 saturated carbocycles. The molecule has 2 atom stereocenters. The molecule has 0 radical (unpaired) electrons. The number of rotatable bonds is 6. The van der Waals surface area contributed by atoms with E-state index in [-0.39, 0.29) is 6.10 Å². The minimum Gasteiger partial charge on any atom is -0.388 e. The molecule has 0 spiro atoms. The zero-order valence-electron chi connectivity index (χ0n) is 14.6. The van der Waals surface area contributed by atoms with E-state index in [1.165, 1.54) is 12.0 Å². The second kappa shape index (κ2) is 7.77. The predicted octanol–water partition coefficient (Wildman–Crippen LogP) is 3.24. The third kappa shape index (κ3) is 4.13. The molecule has 24 heavy (non-hydrogen) atoms. The number of anilines is 1. The van der Waals surface area contributed by atoms with Gasteiger partial charge < -0.3 is 10.0 Å². The van der Waals surface area contributed by atoms with Crippen molar-refractivity contribution in [2.75, 3.05) is 25.5 Å². The van der Waals surface area contributed by atoms with Crippen molar-refractivity contribution >= 4 is 5.82 Å². The maximum atomic E-state index is 10.5. The van der Waals surface area contributed by atoms with Gasteiger partial charge in [-0.2, -0.15) is 0 Å². The van der Waals surface area contributed by atoms with Gasteiger partial charge in [-0.1, -0.05) is 30.3 Å². The Morgan fingerprint density at radius 1 is 1.25 bits per heavy atom. The van der Waals surface area contributed by atoms with Crippen molar-refractivity contribution < 1.29 is 5.11 Å². The smallest absolute Gasteiger partial charge is 0.128 e. The molecular weight excluding hydrogens is 298 g/mol. The number of hydrogen-bond acceptors (Lipinski definition) is 4. The standard InChI is InChI=1S/C20H27N3O/c1-22(2)20-13-16(10-11-21-20)15-23-12-6-9-18(23)14-19(24)17-7-4-3-5-8-17/h3-5,7-8,10-11,13,18-19,24H,6,9,12,14-15H2,1-2H3/t18-,19-/m1/s1. The van der Waals surface area contributed by atoms with Gasteiger partial charge in [0.15, 0.2) is 0 Å². The summed E-state index contributed by atoms with van der Waals surface area (Å²) in [6, 6.07) is 14.7. The highest BCUT2D eigenvalue weighted by Crippen LogP contribution is 2.28. The lowest BCUT2D eigenvalue weighted by Gasteiger charge is -2.27. The Bertz CT molecular complexity index is 644. The SMILES string of the molecule is CN(C)c1cc(CN2CCC[C@@H]2C[C@@H](O)c2ccccc2)ccn1. The number of nitrogens with zero attached hydrogens (tertiary/aromatic N) is 3. The summed E-state index contributed by atoms with van der Waals surface area (Å²) in [5, 5.41) is 10.5. The molecule has 1 aliphatic heterocycles. The van der Waals surface area contributed by atoms with Crippen LogP contribution in [0.1, 0.15) is 36.5 Å². The van der Waals surface area contributed by atoms with Crippen LogP contribution in [0.2, 0.25) is 0 Å². The normalized spacial score (nSPS) is 19.4. The number of benzene rings is 1. The van der Waals surface area contributed by atoms with Crippen LogP contribution in [0, 0.1) is 0 Å². The van der Waals surface area contributed by atoms with Crippen molar-refractivity contribution in [3.8, 4) is 0 Å². The molecule has 4 heteroatoms. The highest BCUT2D eigenvalue weighted by Gasteiger charge is 2.27. The highest BCUT2D eigenvalue weighted by atomic mass is 16.3. The van der Waals surface area contributed by atoms with Crippen molar-refractivity contribution in [2.24, 2.45) is 0 Å². The first-order chi connectivity index (χ1) is 11.6. The zero-order chi connectivity index (χ0) is 16.9. The van der Waals surface area contributed by atoms with Crippen molar-refractivity contribution in [2.45, 2.75) is 38.0 Å². The monoisotopic (exact) mass is 325 g/mol. The van der Waals surface area contributed by atoms with Gasteiger partial charge in [0, 0.05) is 32.9 Å². The molecule has 4 nitrogen and oxygen atoms in total. The number of aromatic nitrogens is 1. The Kier molecular flexibility index (Phi) is 5.48. The summed E-state index contributed by atoms with van der Waals surface area (Å²) in [6.07, 6.45) is 4.67. The van der Waals surface area contributed by atoms with E-state index in [1.807, 2.05) is 55.5 Å². The van der Waals surface area contributed by atoms with Gasteiger partial charge >= 0.3 is 0 Å². The largest absolute Gasteiger partial charge is 0.388 e. The second-order valence-corrected chi connectivity index (χ2v) is 6.85. The fourth-order valence-corrected chi connectivity index (χ4v) is 3.48. The third-order valence-corrected chi connectivity index (χ3v) is 4.83. The number of hydrogen-bond donors (Lipinski definition) is 1. The van der Waals surface area contributed by atoms with Gasteiger partial charge in [-0.25, -0.2) is 4.98 Å². The molecule has 2 aromatic rings. The molecule has 1 saturated heterocycles. The van der Waals surface area contributed by atoms with Gasteiger partial charge in [0.2, 0.25) is 0 Å². The van der Waals surface area contributed by atoms with Crippen LogP contribution in [0.4, 0.5) is 5.82 Å². The van der Waals surface area contributed by atoms with E-state index in [0.29, 0.717) is 6.04 Å². The van der Waals surface area contributed by atoms with Crippen LogP contribution in [-0.2, 0) is 6.54 Å². The van der Waals surface area contributed by atoms with Crippen molar-refractivity contribution in [3.05, 3.63) is 59.8 Å². The summed E-state index contributed by atoms with van der Waals surface area (Å²) in [5.41, 5.74) is 2.30. The van der Waals surface area contributed by atoms with E-state index in [1.54, 1.807) is 0 Å². The molecular formula is C20H27N3O. The van der Waals surface area contributed by atoms with Gasteiger partial charge in [-0.05, 0) is 49.1 Å². The number of pyridine rings is 1. The molecule has 0 unspecified atom stereocenters. The molecule has 0 aliphatic carbocycles. The molecule has 128 valence electrons. The van der Waals surface area contributed by atoms with Gasteiger partial charge in [0.1, 0.15) is 5.82 Å². The van der Waals surface area contributed by atoms with Crippen LogP contribution in [0.3, 0.4) is 0 Å². The van der Waals surface area contributed by atoms with Gasteiger partial charge in [0.05, 0.1) is 6.10 Å². The van der Waals surface area contributed by atoms with Crippen LogP contribution < -0.4 is 4.90 Å². The predicted molar refractivity (Wildman–Crippen MR) is 98.0 cm³/mol. The molecule has 0 bridgehead atoms. The Balaban J connectivity index is 1.64. The Morgan fingerprint density at radius 2 is 2.04 bits per heavy atom. The average molecular weight is 325 g/mol. The Morgan fingerprint density at radius 3 is 2.79 bits per heavy atom. The summed E-state index contributed by atoms with van der Waals surface area (Å²) in [7, 11) is 4.03. The maximum absolute atomic E-state index is 10.5. The Hall–Kier alpha value is -1.91. The molecule has 1 aromatic heterocycles. The lowest BCUT2D eigenvalue weighted by molar-refractivity contribution is 0.118. The second-order valence-electron chi connectivity index (χ2n) is 6.85. The van der Waals surface area contributed by atoms with E-state index in [9.17, 15) is 5.11 Å². The molecule has 3 rings (SSSR count). The minimum atomic E-state index is -0.383. The Labute approximate surface area is 144 Å². The number of likely N-dealkylation sites (tertiary alicyclic amines) is 1. The maximum Gasteiger partial charge on any atom is 0.128 e. The molecule has 2 heterocycles. The van der Waals surface area contributed by atoms with Crippen molar-refractivity contribution in [1.82, 2.24) is 9.88 Å². The van der Waals surface area contributed by atoms with E-state index in [0.717, 1.165) is 37.3 Å². The summed E-state index contributed by atoms with van der Waals surface area (Å²) in [6.45, 7) is 2.03. The van der Waals surface area contributed by atoms with Crippen LogP contribution in [-0.4, -0.2) is 41.7 Å². The van der Waals surface area contributed by atoms with Gasteiger partial charge in [0.25, 0.3) is 0 Å². The van der Waals surface area contributed by atoms with E-state index < -0.39 is 0 Å². The molecule has 0 amide bonds. The van der Waals surface area contributed by atoms with Gasteiger partial charge in [-0.3, -0.25) is 4.90 Å². The topological polar surface area (TPSA) is 39.6 Å². The summed E-state index contributed by atoms with van der Waals surface area (Å²) >= 11 is 0. The molecule has 1 fully saturated rings. The zero-order valence-corrected chi connectivity index (χ0v) is 14.6. The third-order valence-electron chi connectivity index (χ3n) is 4.83. The fourth-order valence-electron chi connectivity index (χ4n) is 3.48. The first kappa shape index (κ1) is 16.9. The average Bonchev–Trinajstić information content (AvgIpc) is 3.02. The lowest BCUT2D eigenvalue weighted by Crippen LogP contribution is -2.30. The van der Waals surface area contributed by atoms with Crippen molar-refractivity contribution in [3.63, 3.8) is 0 Å². The summed E-state index contributed by atoms with van der Waals surface area (Å²) < 4.78 is 0. The fraction of sp³-hybridized carbons (Fsp3) is 0.450. The first-order valence-electron chi connectivity index (χ1n) is 8.73. The van der Waals surface area contributed by atoms with Crippen LogP contribution in [0.5, 0.6) is 0 Å². The van der Waals surface area contributed by atoms with Crippen LogP contribution in [0.15, 0.2) is 48.7 Å². The molecule has 1 aromatic carbocycles. The first-order valence-corrected chi connectivity index (χ1v) is 8.73. The van der Waals surface area contributed by atoms with E-state index >= 15 is 0 Å². The van der Waals surface area contributed by atoms with E-state index in [4.69, 9.17) is 0 Å². The lowest BCUT2D eigenvalue weighted by atomic mass is 10.0. The van der Waals surface area contributed by atoms with Gasteiger partial charge in [-0.15, -0.1) is 0 Å². The summed E-state index contributed by atoms with van der Waals surface area (Å²) in [5.74, 6) is 0.993. The number of aliphatic hydroxyl groups excluding tert-OH is 1. The summed E-state index contributed by atoms with van der Waals surface area (Å²) in [4.78, 5) is 8.92. The highest BCUT2D eigenvalue weighted by molar-refractivity contribution is 5.39. The van der Waals surface area contributed by atoms with E-state index in [2.05, 4.69) is 22.0 Å². The van der Waals surface area contributed by atoms with Crippen molar-refractivity contribution in [1.29, 1.82) is 0 Å².